The molecular formula is C10H8N4O. The summed E-state index contributed by atoms with van der Waals surface area (Å²) in [5.41, 5.74) is 3.76. The Kier molecular flexibility index (Phi) is 3.84. The molecule has 15 heavy (non-hydrogen) atoms. The van der Waals surface area contributed by atoms with Crippen molar-refractivity contribution in [3.05, 3.63) is 29.8 Å². The zero-order chi connectivity index (χ0) is 11.1. The fraction of sp³-hybridized carbons (Fsp3) is 0.100. The molecule has 0 bridgehead atoms. The third-order valence-corrected chi connectivity index (χ3v) is 1.65. The highest BCUT2D eigenvalue weighted by Crippen LogP contribution is 2.09. The van der Waals surface area contributed by atoms with Gasteiger partial charge in [0.2, 0.25) is 5.71 Å². The Bertz CT molecular complexity index is 420. The van der Waals surface area contributed by atoms with Crippen LogP contribution in [-0.2, 0) is 6.61 Å². The van der Waals surface area contributed by atoms with Gasteiger partial charge in [0.25, 0.3) is 0 Å². The van der Waals surface area contributed by atoms with E-state index in [0.717, 1.165) is 5.56 Å². The fourth-order valence-corrected chi connectivity index (χ4v) is 0.880. The van der Waals surface area contributed by atoms with Gasteiger partial charge in [0, 0.05) is 0 Å². The Morgan fingerprint density at radius 2 is 1.87 bits per heavy atom. The van der Waals surface area contributed by atoms with Crippen molar-refractivity contribution in [2.45, 2.75) is 6.61 Å². The van der Waals surface area contributed by atoms with Crippen LogP contribution in [0.4, 0.5) is 5.69 Å². The number of hydrazone groups is 1. The lowest BCUT2D eigenvalue weighted by atomic mass is 10.2. The van der Waals surface area contributed by atoms with Gasteiger partial charge in [-0.3, -0.25) is 5.43 Å². The molecule has 0 aliphatic carbocycles. The van der Waals surface area contributed by atoms with Crippen LogP contribution in [0, 0.1) is 22.7 Å². The standard InChI is InChI=1S/C10H8N4O/c11-5-10(6-12)14-13-9-3-1-8(7-15)2-4-9/h1-4,13,15H,7H2. The van der Waals surface area contributed by atoms with Crippen molar-refractivity contribution in [2.75, 3.05) is 5.43 Å². The molecule has 0 aliphatic heterocycles. The summed E-state index contributed by atoms with van der Waals surface area (Å²) in [5, 5.41) is 29.2. The van der Waals surface area contributed by atoms with Gasteiger partial charge < -0.3 is 5.11 Å². The van der Waals surface area contributed by atoms with Gasteiger partial charge in [0.15, 0.2) is 0 Å². The molecular weight excluding hydrogens is 192 g/mol. The summed E-state index contributed by atoms with van der Waals surface area (Å²) >= 11 is 0. The Morgan fingerprint density at radius 1 is 1.27 bits per heavy atom. The Morgan fingerprint density at radius 3 is 2.33 bits per heavy atom. The maximum Gasteiger partial charge on any atom is 0.237 e. The zero-order valence-electron chi connectivity index (χ0n) is 7.81. The van der Waals surface area contributed by atoms with Crippen molar-refractivity contribution in [2.24, 2.45) is 5.10 Å². The van der Waals surface area contributed by atoms with E-state index < -0.39 is 0 Å². The molecule has 0 radical (unpaired) electrons. The molecule has 5 heteroatoms. The summed E-state index contributed by atoms with van der Waals surface area (Å²) in [6, 6.07) is 10.1. The van der Waals surface area contributed by atoms with Crippen LogP contribution in [0.15, 0.2) is 29.4 Å². The average molecular weight is 200 g/mol. The maximum absolute atomic E-state index is 8.79. The molecule has 2 N–H and O–H groups in total. The lowest BCUT2D eigenvalue weighted by Gasteiger charge is -2.00. The first-order chi connectivity index (χ1) is 7.30. The molecule has 0 aromatic heterocycles. The van der Waals surface area contributed by atoms with Gasteiger partial charge in [-0.2, -0.15) is 15.6 Å². The molecule has 0 spiro atoms. The Hall–Kier alpha value is -2.37. The minimum atomic E-state index is -0.235. The van der Waals surface area contributed by atoms with Gasteiger partial charge in [-0.05, 0) is 17.7 Å². The van der Waals surface area contributed by atoms with Crippen LogP contribution in [0.5, 0.6) is 0 Å². The molecule has 1 rings (SSSR count). The number of rotatable bonds is 3. The highest BCUT2D eigenvalue weighted by molar-refractivity contribution is 6.10. The van der Waals surface area contributed by atoms with E-state index in [9.17, 15) is 0 Å². The second-order valence-electron chi connectivity index (χ2n) is 2.65. The monoisotopic (exact) mass is 200 g/mol. The third kappa shape index (κ3) is 3.11. The third-order valence-electron chi connectivity index (χ3n) is 1.65. The molecule has 0 unspecified atom stereocenters. The first-order valence-corrected chi connectivity index (χ1v) is 4.14. The largest absolute Gasteiger partial charge is 0.392 e. The summed E-state index contributed by atoms with van der Waals surface area (Å²) < 4.78 is 0. The van der Waals surface area contributed by atoms with Crippen LogP contribution in [0.1, 0.15) is 5.56 Å². The van der Waals surface area contributed by atoms with E-state index in [-0.39, 0.29) is 12.3 Å². The zero-order valence-corrected chi connectivity index (χ0v) is 7.81. The maximum atomic E-state index is 8.79. The van der Waals surface area contributed by atoms with Crippen molar-refractivity contribution in [3.63, 3.8) is 0 Å². The van der Waals surface area contributed by atoms with Crippen molar-refractivity contribution >= 4 is 11.4 Å². The summed E-state index contributed by atoms with van der Waals surface area (Å²) in [7, 11) is 0. The number of anilines is 1. The predicted octanol–water partition coefficient (Wildman–Crippen LogP) is 0.994. The molecule has 1 aromatic carbocycles. The summed E-state index contributed by atoms with van der Waals surface area (Å²) in [6.45, 7) is -0.0226. The molecule has 0 fully saturated rings. The van der Waals surface area contributed by atoms with Crippen molar-refractivity contribution in [1.29, 1.82) is 10.5 Å². The number of hydrogen-bond donors (Lipinski definition) is 2. The van der Waals surface area contributed by atoms with Gasteiger partial charge in [-0.1, -0.05) is 12.1 Å². The van der Waals surface area contributed by atoms with E-state index in [1.165, 1.54) is 0 Å². The Labute approximate surface area is 86.9 Å². The second kappa shape index (κ2) is 5.38. The minimum absolute atomic E-state index is 0.0226. The molecule has 74 valence electrons. The van der Waals surface area contributed by atoms with E-state index in [1.807, 2.05) is 0 Å². The molecule has 0 amide bonds. The van der Waals surface area contributed by atoms with Crippen molar-refractivity contribution in [3.8, 4) is 12.1 Å². The number of aliphatic hydroxyl groups is 1. The van der Waals surface area contributed by atoms with Crippen LogP contribution >= 0.6 is 0 Å². The summed E-state index contributed by atoms with van der Waals surface area (Å²) in [5.74, 6) is 0. The molecule has 0 heterocycles. The van der Waals surface area contributed by atoms with Crippen molar-refractivity contribution in [1.82, 2.24) is 0 Å². The number of nitrogens with zero attached hydrogens (tertiary/aromatic N) is 3. The first-order valence-electron chi connectivity index (χ1n) is 4.14. The summed E-state index contributed by atoms with van der Waals surface area (Å²) in [6.07, 6.45) is 0. The molecule has 5 nitrogen and oxygen atoms in total. The van der Waals surface area contributed by atoms with Gasteiger partial charge in [0.05, 0.1) is 12.3 Å². The number of nitrogens with one attached hydrogen (secondary N) is 1. The molecule has 0 saturated carbocycles. The number of hydrogen-bond acceptors (Lipinski definition) is 5. The van der Waals surface area contributed by atoms with Crippen LogP contribution in [0.25, 0.3) is 0 Å². The van der Waals surface area contributed by atoms with E-state index in [2.05, 4.69) is 10.5 Å². The summed E-state index contributed by atoms with van der Waals surface area (Å²) in [4.78, 5) is 0. The van der Waals surface area contributed by atoms with Crippen molar-refractivity contribution < 1.29 is 5.11 Å². The smallest absolute Gasteiger partial charge is 0.237 e. The van der Waals surface area contributed by atoms with Gasteiger partial charge in [-0.15, -0.1) is 0 Å². The molecule has 1 aromatic rings. The van der Waals surface area contributed by atoms with Crippen LogP contribution in [-0.4, -0.2) is 10.8 Å². The highest BCUT2D eigenvalue weighted by Gasteiger charge is 1.94. The Balaban J connectivity index is 2.71. The molecule has 0 saturated heterocycles. The first kappa shape index (κ1) is 10.7. The minimum Gasteiger partial charge on any atom is -0.392 e. The fourth-order valence-electron chi connectivity index (χ4n) is 0.880. The van der Waals surface area contributed by atoms with Crippen LogP contribution < -0.4 is 5.43 Å². The van der Waals surface area contributed by atoms with E-state index in [4.69, 9.17) is 15.6 Å². The van der Waals surface area contributed by atoms with Gasteiger partial charge >= 0.3 is 0 Å². The number of aliphatic hydroxyl groups excluding tert-OH is 1. The van der Waals surface area contributed by atoms with E-state index >= 15 is 0 Å². The normalized spacial score (nSPS) is 8.47. The molecule has 0 aliphatic rings. The lowest BCUT2D eigenvalue weighted by molar-refractivity contribution is 0.282. The van der Waals surface area contributed by atoms with E-state index in [0.29, 0.717) is 5.69 Å². The van der Waals surface area contributed by atoms with E-state index in [1.54, 1.807) is 36.4 Å². The number of nitriles is 2. The topological polar surface area (TPSA) is 92.2 Å². The quantitative estimate of drug-likeness (QED) is 0.562. The van der Waals surface area contributed by atoms with Crippen LogP contribution in [0.3, 0.4) is 0 Å². The average Bonchev–Trinajstić information content (AvgIpc) is 2.31. The highest BCUT2D eigenvalue weighted by atomic mass is 16.3. The number of benzene rings is 1. The molecule has 0 atom stereocenters. The SMILES string of the molecule is N#CC(C#N)=NNc1ccc(CO)cc1. The lowest BCUT2D eigenvalue weighted by Crippen LogP contribution is -1.96. The second-order valence-corrected chi connectivity index (χ2v) is 2.65. The van der Waals surface area contributed by atoms with Gasteiger partial charge in [-0.25, -0.2) is 0 Å². The van der Waals surface area contributed by atoms with Crippen LogP contribution in [0.2, 0.25) is 0 Å². The predicted molar refractivity (Wildman–Crippen MR) is 54.6 cm³/mol. The van der Waals surface area contributed by atoms with Gasteiger partial charge in [0.1, 0.15) is 12.1 Å².